The Morgan fingerprint density at radius 1 is 0.421 bits per heavy atom. The Kier molecular flexibility index (Phi) is 44.5. The molecule has 0 aliphatic carbocycles. The van der Waals surface area contributed by atoms with E-state index in [1.165, 1.54) is 0 Å². The molecule has 0 saturated heterocycles. The molecule has 0 heterocycles. The van der Waals surface area contributed by atoms with E-state index in [1.807, 2.05) is 0 Å². The van der Waals surface area contributed by atoms with E-state index in [2.05, 4.69) is 0 Å². The molecule has 2 radical (unpaired) electrons. The van der Waals surface area contributed by atoms with Crippen LogP contribution in [0.1, 0.15) is 0 Å². The van der Waals surface area contributed by atoms with Crippen LogP contribution in [-0.2, 0) is 31.2 Å². The standard InChI is InChI=1S/Bi.3Na.3H2O4S/c;;;;3*1-5(2,3)4/h;;;;3*(H2,1,2,3,4)/q+3;3*+1;;;/p-6. The third-order valence-corrected chi connectivity index (χ3v) is 0. The monoisotopic (exact) mass is 566 g/mol. The van der Waals surface area contributed by atoms with Crippen molar-refractivity contribution < 1.29 is 141 Å². The van der Waals surface area contributed by atoms with Gasteiger partial charge in [-0.15, -0.1) is 0 Å². The van der Waals surface area contributed by atoms with Crippen LogP contribution in [0.15, 0.2) is 0 Å². The van der Waals surface area contributed by atoms with Crippen LogP contribution in [0.4, 0.5) is 0 Å². The normalized spacial score (nSPS) is 9.16. The van der Waals surface area contributed by atoms with Crippen molar-refractivity contribution in [2.45, 2.75) is 0 Å². The van der Waals surface area contributed by atoms with E-state index >= 15 is 0 Å². The molecule has 0 unspecified atom stereocenters. The van der Waals surface area contributed by atoms with Gasteiger partial charge in [-0.25, -0.2) is 0 Å². The van der Waals surface area contributed by atoms with Crippen molar-refractivity contribution in [2.24, 2.45) is 0 Å². The number of rotatable bonds is 0. The number of hydrogen-bond donors (Lipinski definition) is 0. The maximum absolute atomic E-state index is 8.52. The zero-order valence-corrected chi connectivity index (χ0v) is 21.5. The Hall–Kier alpha value is 3.49. The quantitative estimate of drug-likeness (QED) is 0.151. The molecule has 0 aliphatic rings. The van der Waals surface area contributed by atoms with E-state index in [0.29, 0.717) is 0 Å². The molecule has 12 nitrogen and oxygen atoms in total. The Bertz CT molecular complexity index is 349. The van der Waals surface area contributed by atoms with Crippen molar-refractivity contribution in [3.05, 3.63) is 0 Å². The van der Waals surface area contributed by atoms with Crippen LogP contribution in [-0.4, -0.2) is 78.8 Å². The summed E-state index contributed by atoms with van der Waals surface area (Å²) in [6.45, 7) is 0. The fourth-order valence-corrected chi connectivity index (χ4v) is 0. The molecule has 0 bridgehead atoms. The molecule has 0 aromatic rings. The molecule has 0 amide bonds. The Morgan fingerprint density at radius 2 is 0.421 bits per heavy atom. The largest absolute Gasteiger partial charge is 3.00 e. The van der Waals surface area contributed by atoms with E-state index in [9.17, 15) is 0 Å². The van der Waals surface area contributed by atoms with Crippen molar-refractivity contribution in [2.75, 3.05) is 0 Å². The van der Waals surface area contributed by atoms with Gasteiger partial charge in [0.1, 0.15) is 0 Å². The van der Waals surface area contributed by atoms with Crippen LogP contribution < -0.4 is 88.7 Å². The van der Waals surface area contributed by atoms with Crippen LogP contribution in [0.3, 0.4) is 0 Å². The van der Waals surface area contributed by atoms with Crippen molar-refractivity contribution in [1.29, 1.82) is 0 Å². The van der Waals surface area contributed by atoms with Gasteiger partial charge in [-0.3, -0.25) is 25.3 Å². The SMILES string of the molecule is O=S(=O)([O-])[O-].O=S(=O)([O-])[O-].O=S(=O)([O-])[O-].[Bi+3].[Na+].[Na+].[Na+]. The summed E-state index contributed by atoms with van der Waals surface area (Å²) in [6, 6.07) is 0. The molecule has 0 N–H and O–H groups in total. The van der Waals surface area contributed by atoms with Crippen LogP contribution in [0.2, 0.25) is 0 Å². The summed E-state index contributed by atoms with van der Waals surface area (Å²) < 4.78 is 102. The van der Waals surface area contributed by atoms with Crippen LogP contribution in [0, 0.1) is 0 Å². The minimum Gasteiger partial charge on any atom is -0.759 e. The van der Waals surface area contributed by atoms with Gasteiger partial charge >= 0.3 is 115 Å². The Balaban J connectivity index is -0.0000000206. The topological polar surface area (TPSA) is 241 Å². The van der Waals surface area contributed by atoms with Crippen molar-refractivity contribution in [1.82, 2.24) is 0 Å². The van der Waals surface area contributed by atoms with Gasteiger partial charge in [0.2, 0.25) is 0 Å². The minimum atomic E-state index is -5.17. The summed E-state index contributed by atoms with van der Waals surface area (Å²) in [6.07, 6.45) is 0. The van der Waals surface area contributed by atoms with E-state index in [-0.39, 0.29) is 115 Å². The second kappa shape index (κ2) is 19.5. The first-order valence-corrected chi connectivity index (χ1v) is 6.00. The average molecular weight is 566 g/mol. The van der Waals surface area contributed by atoms with Crippen molar-refractivity contribution in [3.8, 4) is 0 Å². The third kappa shape index (κ3) is 669. The predicted octanol–water partition coefficient (Wildman–Crippen LogP) is -13.4. The second-order valence-corrected chi connectivity index (χ2v) is 3.67. The molecular weight excluding hydrogens is 566 g/mol. The molecule has 98 valence electrons. The molecule has 0 atom stereocenters. The van der Waals surface area contributed by atoms with Gasteiger partial charge in [0.05, 0.1) is 0 Å². The Labute approximate surface area is 195 Å². The molecule has 0 fully saturated rings. The molecule has 0 aliphatic heterocycles. The van der Waals surface area contributed by atoms with Crippen molar-refractivity contribution in [3.63, 3.8) is 0 Å². The summed E-state index contributed by atoms with van der Waals surface area (Å²) in [5, 5.41) is 0. The molecule has 0 aromatic heterocycles. The van der Waals surface area contributed by atoms with Gasteiger partial charge in [-0.05, 0) is 0 Å². The fraction of sp³-hybridized carbons (Fsp3) is 0. The summed E-state index contributed by atoms with van der Waals surface area (Å²) in [5.74, 6) is 0. The molecule has 0 saturated carbocycles. The maximum atomic E-state index is 8.52. The summed E-state index contributed by atoms with van der Waals surface area (Å²) in [5.41, 5.74) is 0. The van der Waals surface area contributed by atoms with Crippen LogP contribution in [0.25, 0.3) is 0 Å². The first kappa shape index (κ1) is 43.3. The van der Waals surface area contributed by atoms with Crippen LogP contribution in [0.5, 0.6) is 0 Å². The van der Waals surface area contributed by atoms with Gasteiger partial charge < -0.3 is 27.3 Å². The summed E-state index contributed by atoms with van der Waals surface area (Å²) in [7, 11) is -15.5. The second-order valence-electron chi connectivity index (χ2n) is 1.22. The van der Waals surface area contributed by atoms with E-state index < -0.39 is 31.2 Å². The minimum absolute atomic E-state index is 0. The average Bonchev–Trinajstić information content (AvgIpc) is 1.41. The number of hydrogen-bond acceptors (Lipinski definition) is 12. The predicted molar refractivity (Wildman–Crippen MR) is 37.2 cm³/mol. The molecule has 19 heavy (non-hydrogen) atoms. The first-order chi connectivity index (χ1) is 6.00. The zero-order valence-electron chi connectivity index (χ0n) is 9.57. The molecule has 0 rings (SSSR count). The molecule has 0 aromatic carbocycles. The smallest absolute Gasteiger partial charge is 0.759 e. The van der Waals surface area contributed by atoms with E-state index in [0.717, 1.165) is 0 Å². The summed E-state index contributed by atoms with van der Waals surface area (Å²) in [4.78, 5) is 0. The van der Waals surface area contributed by atoms with Gasteiger partial charge in [0.15, 0.2) is 0 Å². The van der Waals surface area contributed by atoms with E-state index in [1.54, 1.807) is 0 Å². The van der Waals surface area contributed by atoms with Gasteiger partial charge in [-0.1, -0.05) is 0 Å². The first-order valence-electron chi connectivity index (χ1n) is 2.00. The third-order valence-electron chi connectivity index (χ3n) is 0. The zero-order chi connectivity index (χ0) is 13.5. The summed E-state index contributed by atoms with van der Waals surface area (Å²) >= 11 is 0. The van der Waals surface area contributed by atoms with Crippen LogP contribution >= 0.6 is 0 Å². The maximum Gasteiger partial charge on any atom is 3.00 e. The molecule has 19 heteroatoms. The molecular formula is BiNa3O12S3. The van der Waals surface area contributed by atoms with Gasteiger partial charge in [0, 0.05) is 31.2 Å². The van der Waals surface area contributed by atoms with E-state index in [4.69, 9.17) is 52.6 Å². The Morgan fingerprint density at radius 3 is 0.421 bits per heavy atom. The molecule has 0 spiro atoms. The van der Waals surface area contributed by atoms with Crippen molar-refractivity contribution >= 4 is 57.4 Å². The van der Waals surface area contributed by atoms with Gasteiger partial charge in [0.25, 0.3) is 0 Å². The van der Waals surface area contributed by atoms with Gasteiger partial charge in [-0.2, -0.15) is 0 Å². The fourth-order valence-electron chi connectivity index (χ4n) is 0.